The maximum Gasteiger partial charge on any atom is 0.310 e. The summed E-state index contributed by atoms with van der Waals surface area (Å²) < 4.78 is 5.78. The number of hydrogen-bond acceptors (Lipinski definition) is 4. The van der Waals surface area contributed by atoms with Gasteiger partial charge in [-0.3, -0.25) is 14.9 Å². The molecule has 3 aromatic carbocycles. The van der Waals surface area contributed by atoms with E-state index in [1.54, 1.807) is 0 Å². The van der Waals surface area contributed by atoms with E-state index in [9.17, 15) is 9.59 Å². The molecule has 5 nitrogen and oxygen atoms in total. The van der Waals surface area contributed by atoms with Gasteiger partial charge in [0.2, 0.25) is 0 Å². The molecule has 5 heteroatoms. The Labute approximate surface area is 189 Å². The minimum Gasteiger partial charge on any atom is -0.481 e. The number of nitrogens with one attached hydrogen (secondary N) is 1. The quantitative estimate of drug-likeness (QED) is 0.252. The van der Waals surface area contributed by atoms with Crippen molar-refractivity contribution in [2.75, 3.05) is 13.2 Å². The van der Waals surface area contributed by atoms with Crippen LogP contribution in [0.15, 0.2) is 91.0 Å². The number of Topliss-reactive ketones (excluding diaryl/α,β-unsaturated/α-hetero) is 1. The number of carbonyl (C=O) groups excluding carboxylic acids is 1. The lowest BCUT2D eigenvalue weighted by molar-refractivity contribution is -0.143. The summed E-state index contributed by atoms with van der Waals surface area (Å²) in [5, 5.41) is 12.6. The van der Waals surface area contributed by atoms with Gasteiger partial charge in [-0.1, -0.05) is 97.9 Å². The first-order valence-corrected chi connectivity index (χ1v) is 10.9. The maximum absolute atomic E-state index is 12.1. The minimum absolute atomic E-state index is 0.276. The Hall–Kier alpha value is -3.28. The van der Waals surface area contributed by atoms with E-state index in [0.29, 0.717) is 13.0 Å². The van der Waals surface area contributed by atoms with Gasteiger partial charge >= 0.3 is 5.97 Å². The molecule has 0 amide bonds. The summed E-state index contributed by atoms with van der Waals surface area (Å²) >= 11 is 0. The molecule has 0 aromatic heterocycles. The Kier molecular flexibility index (Phi) is 8.31. The van der Waals surface area contributed by atoms with Crippen LogP contribution >= 0.6 is 0 Å². The summed E-state index contributed by atoms with van der Waals surface area (Å²) in [6, 6.07) is 30.7. The van der Waals surface area contributed by atoms with Gasteiger partial charge in [-0.25, -0.2) is 0 Å². The number of rotatable bonds is 12. The molecule has 0 heterocycles. The summed E-state index contributed by atoms with van der Waals surface area (Å²) in [5.74, 6) is -1.54. The zero-order chi connectivity index (χ0) is 22.8. The third-order valence-corrected chi connectivity index (χ3v) is 5.49. The molecule has 32 heavy (non-hydrogen) atoms. The van der Waals surface area contributed by atoms with E-state index in [1.165, 1.54) is 0 Å². The summed E-state index contributed by atoms with van der Waals surface area (Å²) in [6.07, 6.45) is -0.797. The van der Waals surface area contributed by atoms with E-state index in [2.05, 4.69) is 41.7 Å². The van der Waals surface area contributed by atoms with Crippen LogP contribution in [0.25, 0.3) is 0 Å². The zero-order valence-corrected chi connectivity index (χ0v) is 18.2. The fourth-order valence-electron chi connectivity index (χ4n) is 4.01. The van der Waals surface area contributed by atoms with Crippen molar-refractivity contribution in [2.24, 2.45) is 0 Å². The predicted octanol–water partition coefficient (Wildman–Crippen LogP) is 4.41. The molecule has 0 saturated carbocycles. The van der Waals surface area contributed by atoms with E-state index >= 15 is 0 Å². The smallest absolute Gasteiger partial charge is 0.310 e. The van der Waals surface area contributed by atoms with Gasteiger partial charge < -0.3 is 9.84 Å². The summed E-state index contributed by atoms with van der Waals surface area (Å²) in [7, 11) is 0. The van der Waals surface area contributed by atoms with Gasteiger partial charge in [0, 0.05) is 6.54 Å². The Morgan fingerprint density at radius 3 is 1.66 bits per heavy atom. The van der Waals surface area contributed by atoms with Crippen molar-refractivity contribution in [3.63, 3.8) is 0 Å². The van der Waals surface area contributed by atoms with Crippen LogP contribution in [0.2, 0.25) is 0 Å². The number of carboxylic acids is 1. The molecule has 3 rings (SSSR count). The van der Waals surface area contributed by atoms with Crippen molar-refractivity contribution in [3.05, 3.63) is 108 Å². The van der Waals surface area contributed by atoms with Crippen molar-refractivity contribution in [3.8, 4) is 0 Å². The largest absolute Gasteiger partial charge is 0.481 e. The van der Waals surface area contributed by atoms with E-state index in [4.69, 9.17) is 9.84 Å². The van der Waals surface area contributed by atoms with Crippen molar-refractivity contribution < 1.29 is 19.4 Å². The van der Waals surface area contributed by atoms with E-state index < -0.39 is 29.8 Å². The third-order valence-electron chi connectivity index (χ3n) is 5.49. The molecule has 0 aliphatic heterocycles. The highest BCUT2D eigenvalue weighted by molar-refractivity contribution is 5.97. The third kappa shape index (κ3) is 5.49. The monoisotopic (exact) mass is 431 g/mol. The minimum atomic E-state index is -1.13. The summed E-state index contributed by atoms with van der Waals surface area (Å²) in [6.45, 7) is 2.56. The van der Waals surface area contributed by atoms with Crippen LogP contribution in [0.3, 0.4) is 0 Å². The van der Waals surface area contributed by atoms with Gasteiger partial charge in [-0.05, 0) is 23.1 Å². The lowest BCUT2D eigenvalue weighted by atomic mass is 9.77. The van der Waals surface area contributed by atoms with E-state index in [1.807, 2.05) is 61.5 Å². The average molecular weight is 432 g/mol. The van der Waals surface area contributed by atoms with Crippen LogP contribution in [-0.4, -0.2) is 36.1 Å². The number of hydrogen-bond donors (Lipinski definition) is 2. The molecule has 2 N–H and O–H groups in total. The van der Waals surface area contributed by atoms with Crippen LogP contribution in [0, 0.1) is 0 Å². The molecule has 0 fully saturated rings. The number of aliphatic carboxylic acids is 1. The number of benzene rings is 3. The van der Waals surface area contributed by atoms with Gasteiger partial charge in [0.1, 0.15) is 12.5 Å². The van der Waals surface area contributed by atoms with E-state index in [-0.39, 0.29) is 6.61 Å². The van der Waals surface area contributed by atoms with Gasteiger partial charge in [-0.2, -0.15) is 0 Å². The van der Waals surface area contributed by atoms with Crippen molar-refractivity contribution in [1.82, 2.24) is 5.32 Å². The fraction of sp³-hybridized carbons (Fsp3) is 0.259. The second-order valence-corrected chi connectivity index (χ2v) is 7.58. The first-order chi connectivity index (χ1) is 15.6. The predicted molar refractivity (Wildman–Crippen MR) is 125 cm³/mol. The van der Waals surface area contributed by atoms with Crippen LogP contribution < -0.4 is 5.32 Å². The Morgan fingerprint density at radius 1 is 0.844 bits per heavy atom. The Bertz CT molecular complexity index is 893. The van der Waals surface area contributed by atoms with Crippen molar-refractivity contribution in [1.29, 1.82) is 0 Å². The number of carbonyl (C=O) groups is 2. The topological polar surface area (TPSA) is 75.6 Å². The molecule has 0 spiro atoms. The highest BCUT2D eigenvalue weighted by atomic mass is 16.5. The molecular formula is C27H29NO4. The lowest BCUT2D eigenvalue weighted by Crippen LogP contribution is -2.46. The molecule has 0 radical (unpaired) electrons. The lowest BCUT2D eigenvalue weighted by Gasteiger charge is -2.37. The summed E-state index contributed by atoms with van der Waals surface area (Å²) in [4.78, 5) is 23.0. The van der Waals surface area contributed by atoms with Gasteiger partial charge in [0.05, 0.1) is 12.1 Å². The zero-order valence-electron chi connectivity index (χ0n) is 18.2. The normalized spacial score (nSPS) is 12.3. The van der Waals surface area contributed by atoms with Crippen LogP contribution in [0.5, 0.6) is 0 Å². The maximum atomic E-state index is 12.1. The van der Waals surface area contributed by atoms with Crippen LogP contribution in [-0.2, 0) is 19.9 Å². The molecule has 0 bridgehead atoms. The Balaban J connectivity index is 1.89. The molecule has 0 aliphatic carbocycles. The number of ketones is 1. The highest BCUT2D eigenvalue weighted by Crippen LogP contribution is 2.36. The van der Waals surface area contributed by atoms with Crippen molar-refractivity contribution >= 4 is 11.8 Å². The Morgan fingerprint density at radius 2 is 1.28 bits per heavy atom. The SMILES string of the molecule is CCC(OCCNC(c1ccccc1)(c1ccccc1)c1ccccc1)C(=O)CC(=O)O. The molecule has 1 atom stereocenters. The molecular weight excluding hydrogens is 402 g/mol. The molecule has 3 aromatic rings. The molecule has 1 unspecified atom stereocenters. The molecule has 0 saturated heterocycles. The second kappa shape index (κ2) is 11.4. The average Bonchev–Trinajstić information content (AvgIpc) is 2.83. The number of carboxylic acid groups (broad SMARTS) is 1. The fourth-order valence-corrected chi connectivity index (χ4v) is 4.01. The molecule has 0 aliphatic rings. The number of ether oxygens (including phenoxy) is 1. The van der Waals surface area contributed by atoms with Gasteiger partial charge in [0.25, 0.3) is 0 Å². The second-order valence-electron chi connectivity index (χ2n) is 7.58. The van der Waals surface area contributed by atoms with Crippen molar-refractivity contribution in [2.45, 2.75) is 31.4 Å². The van der Waals surface area contributed by atoms with Gasteiger partial charge in [-0.15, -0.1) is 0 Å². The highest BCUT2D eigenvalue weighted by Gasteiger charge is 2.35. The first-order valence-electron chi connectivity index (χ1n) is 10.9. The van der Waals surface area contributed by atoms with Crippen LogP contribution in [0.4, 0.5) is 0 Å². The van der Waals surface area contributed by atoms with E-state index in [0.717, 1.165) is 16.7 Å². The van der Waals surface area contributed by atoms with Gasteiger partial charge in [0.15, 0.2) is 5.78 Å². The standard InChI is InChI=1S/C27H29NO4/c1-2-25(24(29)20-26(30)31)32-19-18-28-27(21-12-6-3-7-13-21,22-14-8-4-9-15-22)23-16-10-5-11-17-23/h3-17,25,28H,2,18-20H2,1H3,(H,30,31). The molecule has 166 valence electrons. The first kappa shape index (κ1) is 23.4. The van der Waals surface area contributed by atoms with Crippen LogP contribution in [0.1, 0.15) is 36.5 Å². The summed E-state index contributed by atoms with van der Waals surface area (Å²) in [5.41, 5.74) is 2.66.